The molecule has 1 N–H and O–H groups in total. The molecule has 0 saturated heterocycles. The predicted molar refractivity (Wildman–Crippen MR) is 108 cm³/mol. The van der Waals surface area contributed by atoms with Gasteiger partial charge in [-0.2, -0.15) is 0 Å². The molecule has 29 heavy (non-hydrogen) atoms. The lowest BCUT2D eigenvalue weighted by Crippen LogP contribution is -2.39. The normalized spacial score (nSPS) is 14.1. The molecule has 0 spiro atoms. The summed E-state index contributed by atoms with van der Waals surface area (Å²) in [5.41, 5.74) is 1.75. The van der Waals surface area contributed by atoms with Gasteiger partial charge >= 0.3 is 0 Å². The summed E-state index contributed by atoms with van der Waals surface area (Å²) in [5, 5.41) is 3.67. The van der Waals surface area contributed by atoms with Gasteiger partial charge in [-0.15, -0.1) is 0 Å². The summed E-state index contributed by atoms with van der Waals surface area (Å²) in [4.78, 5) is 17.0. The molecule has 0 radical (unpaired) electrons. The Hall–Kier alpha value is -3.25. The van der Waals surface area contributed by atoms with Gasteiger partial charge in [0.15, 0.2) is 17.6 Å². The third-order valence-electron chi connectivity index (χ3n) is 4.53. The van der Waals surface area contributed by atoms with E-state index in [4.69, 9.17) is 25.8 Å². The summed E-state index contributed by atoms with van der Waals surface area (Å²) in [5.74, 6) is 1.53. The molecule has 148 valence electrons. The van der Waals surface area contributed by atoms with Crippen LogP contribution in [0.25, 0.3) is 0 Å². The number of hydrogen-bond donors (Lipinski definition) is 1. The Morgan fingerprint density at radius 3 is 2.66 bits per heavy atom. The van der Waals surface area contributed by atoms with E-state index >= 15 is 0 Å². The first-order chi connectivity index (χ1) is 14.1. The Balaban J connectivity index is 1.50. The number of nitrogens with one attached hydrogen (secondary N) is 1. The maximum absolute atomic E-state index is 12.9. The minimum atomic E-state index is -0.721. The number of aromatic nitrogens is 1. The van der Waals surface area contributed by atoms with Crippen LogP contribution in [-0.4, -0.2) is 23.8 Å². The number of hydrogen-bond acceptors (Lipinski definition) is 5. The standard InChI is InChI=1S/C22H19ClN2O4/c1-14(29-18-8-9-19-20(11-18)28-13-27-19)22(26)25-21(16-3-2-10-24-12-16)15-4-6-17(23)7-5-15/h2-12,14,21H,13H2,1H3,(H,25,26). The van der Waals surface area contributed by atoms with E-state index in [2.05, 4.69) is 10.3 Å². The highest BCUT2D eigenvalue weighted by Crippen LogP contribution is 2.35. The van der Waals surface area contributed by atoms with Gasteiger partial charge in [-0.1, -0.05) is 29.8 Å². The highest BCUT2D eigenvalue weighted by atomic mass is 35.5. The second kappa shape index (κ2) is 8.41. The lowest BCUT2D eigenvalue weighted by molar-refractivity contribution is -0.127. The Kier molecular flexibility index (Phi) is 5.53. The number of nitrogens with zero attached hydrogens (tertiary/aromatic N) is 1. The number of amides is 1. The van der Waals surface area contributed by atoms with Crippen LogP contribution in [0, 0.1) is 0 Å². The van der Waals surface area contributed by atoms with Gasteiger partial charge in [-0.3, -0.25) is 9.78 Å². The van der Waals surface area contributed by atoms with E-state index < -0.39 is 6.10 Å². The molecule has 1 aromatic heterocycles. The van der Waals surface area contributed by atoms with Crippen LogP contribution in [0.3, 0.4) is 0 Å². The van der Waals surface area contributed by atoms with Crippen LogP contribution >= 0.6 is 11.6 Å². The van der Waals surface area contributed by atoms with Gasteiger partial charge in [0.1, 0.15) is 5.75 Å². The zero-order valence-corrected chi connectivity index (χ0v) is 16.4. The van der Waals surface area contributed by atoms with Crippen LogP contribution < -0.4 is 19.5 Å². The summed E-state index contributed by atoms with van der Waals surface area (Å²) in [6, 6.07) is 15.9. The number of benzene rings is 2. The van der Waals surface area contributed by atoms with Gasteiger partial charge < -0.3 is 19.5 Å². The summed E-state index contributed by atoms with van der Waals surface area (Å²) in [7, 11) is 0. The molecule has 1 aliphatic rings. The topological polar surface area (TPSA) is 69.7 Å². The Labute approximate surface area is 173 Å². The summed E-state index contributed by atoms with van der Waals surface area (Å²) in [6.45, 7) is 1.88. The van der Waals surface area contributed by atoms with Gasteiger partial charge in [0.05, 0.1) is 6.04 Å². The number of halogens is 1. The number of carbonyl (C=O) groups is 1. The first-order valence-electron chi connectivity index (χ1n) is 9.12. The average Bonchev–Trinajstić information content (AvgIpc) is 3.21. The van der Waals surface area contributed by atoms with E-state index in [1.54, 1.807) is 49.6 Å². The fourth-order valence-electron chi connectivity index (χ4n) is 3.03. The van der Waals surface area contributed by atoms with Crippen molar-refractivity contribution >= 4 is 17.5 Å². The number of ether oxygens (including phenoxy) is 3. The van der Waals surface area contributed by atoms with Crippen molar-refractivity contribution in [1.29, 1.82) is 0 Å². The van der Waals surface area contributed by atoms with Crippen LogP contribution in [0.15, 0.2) is 67.0 Å². The van der Waals surface area contributed by atoms with E-state index in [0.29, 0.717) is 22.3 Å². The van der Waals surface area contributed by atoms with Crippen molar-refractivity contribution in [1.82, 2.24) is 10.3 Å². The Morgan fingerprint density at radius 1 is 1.10 bits per heavy atom. The van der Waals surface area contributed by atoms with Crippen molar-refractivity contribution in [2.45, 2.75) is 19.1 Å². The zero-order valence-electron chi connectivity index (χ0n) is 15.7. The van der Waals surface area contributed by atoms with Gasteiger partial charge in [0, 0.05) is 23.5 Å². The first-order valence-corrected chi connectivity index (χ1v) is 9.50. The summed E-state index contributed by atoms with van der Waals surface area (Å²) in [6.07, 6.45) is 2.69. The third kappa shape index (κ3) is 4.43. The van der Waals surface area contributed by atoms with E-state index in [9.17, 15) is 4.79 Å². The fraction of sp³-hybridized carbons (Fsp3) is 0.182. The minimum Gasteiger partial charge on any atom is -0.481 e. The number of pyridine rings is 1. The molecular formula is C22H19ClN2O4. The molecule has 1 aliphatic heterocycles. The molecule has 2 atom stereocenters. The molecular weight excluding hydrogens is 392 g/mol. The SMILES string of the molecule is CC(Oc1ccc2c(c1)OCO2)C(=O)NC(c1ccc(Cl)cc1)c1cccnc1. The number of rotatable bonds is 6. The van der Waals surface area contributed by atoms with E-state index in [1.807, 2.05) is 24.3 Å². The molecule has 1 amide bonds. The smallest absolute Gasteiger partial charge is 0.261 e. The predicted octanol–water partition coefficient (Wildman–Crippen LogP) is 4.14. The van der Waals surface area contributed by atoms with E-state index in [0.717, 1.165) is 11.1 Å². The largest absolute Gasteiger partial charge is 0.481 e. The van der Waals surface area contributed by atoms with Gasteiger partial charge in [0.2, 0.25) is 6.79 Å². The van der Waals surface area contributed by atoms with E-state index in [1.165, 1.54) is 0 Å². The van der Waals surface area contributed by atoms with Crippen LogP contribution in [0.2, 0.25) is 5.02 Å². The van der Waals surface area contributed by atoms with Crippen LogP contribution in [0.4, 0.5) is 0 Å². The number of fused-ring (bicyclic) bond motifs is 1. The molecule has 7 heteroatoms. The maximum Gasteiger partial charge on any atom is 0.261 e. The lowest BCUT2D eigenvalue weighted by atomic mass is 10.00. The van der Waals surface area contributed by atoms with Gasteiger partial charge in [0.25, 0.3) is 5.91 Å². The van der Waals surface area contributed by atoms with Crippen LogP contribution in [0.5, 0.6) is 17.2 Å². The van der Waals surface area contributed by atoms with Crippen molar-refractivity contribution in [3.05, 3.63) is 83.1 Å². The highest BCUT2D eigenvalue weighted by molar-refractivity contribution is 6.30. The molecule has 4 rings (SSSR count). The van der Waals surface area contributed by atoms with Crippen molar-refractivity contribution < 1.29 is 19.0 Å². The quantitative estimate of drug-likeness (QED) is 0.661. The minimum absolute atomic E-state index is 0.183. The second-order valence-electron chi connectivity index (χ2n) is 6.55. The van der Waals surface area contributed by atoms with Crippen molar-refractivity contribution in [2.24, 2.45) is 0 Å². The molecule has 0 fully saturated rings. The second-order valence-corrected chi connectivity index (χ2v) is 6.99. The summed E-state index contributed by atoms with van der Waals surface area (Å²) < 4.78 is 16.5. The molecule has 0 saturated carbocycles. The lowest BCUT2D eigenvalue weighted by Gasteiger charge is -2.22. The van der Waals surface area contributed by atoms with Crippen molar-refractivity contribution in [2.75, 3.05) is 6.79 Å². The Bertz CT molecular complexity index is 995. The van der Waals surface area contributed by atoms with Gasteiger partial charge in [-0.05, 0) is 48.4 Å². The zero-order chi connectivity index (χ0) is 20.2. The van der Waals surface area contributed by atoms with Crippen molar-refractivity contribution in [3.63, 3.8) is 0 Å². The first kappa shape index (κ1) is 19.1. The average molecular weight is 411 g/mol. The molecule has 2 unspecified atom stereocenters. The Morgan fingerprint density at radius 2 is 1.90 bits per heavy atom. The maximum atomic E-state index is 12.9. The molecule has 0 bridgehead atoms. The molecule has 2 aromatic carbocycles. The van der Waals surface area contributed by atoms with Crippen LogP contribution in [-0.2, 0) is 4.79 Å². The van der Waals surface area contributed by atoms with E-state index in [-0.39, 0.29) is 18.7 Å². The molecule has 2 heterocycles. The van der Waals surface area contributed by atoms with Crippen molar-refractivity contribution in [3.8, 4) is 17.2 Å². The summed E-state index contributed by atoms with van der Waals surface area (Å²) >= 11 is 6.01. The molecule has 0 aliphatic carbocycles. The van der Waals surface area contributed by atoms with Crippen LogP contribution in [0.1, 0.15) is 24.1 Å². The monoisotopic (exact) mass is 410 g/mol. The number of carbonyl (C=O) groups excluding carboxylic acids is 1. The fourth-order valence-corrected chi connectivity index (χ4v) is 3.15. The molecule has 6 nitrogen and oxygen atoms in total. The molecule has 3 aromatic rings. The third-order valence-corrected chi connectivity index (χ3v) is 4.79. The van der Waals surface area contributed by atoms with Gasteiger partial charge in [-0.25, -0.2) is 0 Å². The highest BCUT2D eigenvalue weighted by Gasteiger charge is 2.23.